The number of rotatable bonds is 4. The summed E-state index contributed by atoms with van der Waals surface area (Å²) in [5.41, 5.74) is 5.19. The molecular formula is C25H26N2O3S. The highest BCUT2D eigenvalue weighted by Gasteiger charge is 2.36. The summed E-state index contributed by atoms with van der Waals surface area (Å²) in [7, 11) is -1.91. The number of aryl methyl sites for hydroxylation is 2. The zero-order valence-electron chi connectivity index (χ0n) is 18.2. The molecule has 1 aliphatic heterocycles. The third-order valence-electron chi connectivity index (χ3n) is 5.96. The fourth-order valence-corrected chi connectivity index (χ4v) is 5.77. The summed E-state index contributed by atoms with van der Waals surface area (Å²) in [5, 5.41) is 0. The molecule has 0 bridgehead atoms. The van der Waals surface area contributed by atoms with E-state index in [9.17, 15) is 13.2 Å². The molecule has 1 aliphatic rings. The van der Waals surface area contributed by atoms with E-state index in [2.05, 4.69) is 0 Å². The Morgan fingerprint density at radius 3 is 2.35 bits per heavy atom. The number of hydrogen-bond donors (Lipinski definition) is 0. The molecule has 0 fully saturated rings. The van der Waals surface area contributed by atoms with E-state index >= 15 is 0 Å². The van der Waals surface area contributed by atoms with E-state index in [-0.39, 0.29) is 16.8 Å². The summed E-state index contributed by atoms with van der Waals surface area (Å²) < 4.78 is 27.9. The van der Waals surface area contributed by atoms with E-state index in [0.717, 1.165) is 16.8 Å². The first-order chi connectivity index (χ1) is 14.7. The predicted octanol–water partition coefficient (Wildman–Crippen LogP) is 4.72. The number of benzene rings is 3. The first-order valence-electron chi connectivity index (χ1n) is 10.3. The van der Waals surface area contributed by atoms with Gasteiger partial charge in [0.05, 0.1) is 10.6 Å². The van der Waals surface area contributed by atoms with Gasteiger partial charge in [-0.25, -0.2) is 8.42 Å². The van der Waals surface area contributed by atoms with E-state index in [1.165, 1.54) is 9.87 Å². The highest BCUT2D eigenvalue weighted by molar-refractivity contribution is 7.92. The van der Waals surface area contributed by atoms with Gasteiger partial charge in [-0.1, -0.05) is 24.3 Å². The third kappa shape index (κ3) is 3.72. The van der Waals surface area contributed by atoms with Crippen molar-refractivity contribution in [3.05, 3.63) is 89.0 Å². The molecule has 0 radical (unpaired) electrons. The van der Waals surface area contributed by atoms with Crippen molar-refractivity contribution in [1.29, 1.82) is 0 Å². The van der Waals surface area contributed by atoms with Crippen LogP contribution in [0.3, 0.4) is 0 Å². The average molecular weight is 435 g/mol. The van der Waals surface area contributed by atoms with E-state index in [1.54, 1.807) is 54.4 Å². The molecule has 3 aromatic rings. The highest BCUT2D eigenvalue weighted by atomic mass is 32.2. The first-order valence-corrected chi connectivity index (χ1v) is 11.7. The third-order valence-corrected chi connectivity index (χ3v) is 7.90. The van der Waals surface area contributed by atoms with Crippen molar-refractivity contribution in [2.45, 2.75) is 38.1 Å². The Kier molecular flexibility index (Phi) is 5.35. The minimum atomic E-state index is -3.66. The Labute approximate surface area is 184 Å². The quantitative estimate of drug-likeness (QED) is 0.597. The number of sulfonamides is 1. The Morgan fingerprint density at radius 1 is 0.968 bits per heavy atom. The number of carbonyl (C=O) groups is 1. The molecule has 0 aliphatic carbocycles. The number of anilines is 2. The molecule has 1 heterocycles. The number of fused-ring (bicyclic) bond motifs is 1. The molecule has 0 saturated carbocycles. The molecule has 6 heteroatoms. The lowest BCUT2D eigenvalue weighted by Crippen LogP contribution is -2.35. The summed E-state index contributed by atoms with van der Waals surface area (Å²) in [6.45, 7) is 5.96. The molecule has 0 spiro atoms. The van der Waals surface area contributed by atoms with Gasteiger partial charge >= 0.3 is 0 Å². The summed E-state index contributed by atoms with van der Waals surface area (Å²) in [4.78, 5) is 15.0. The largest absolute Gasteiger partial charge is 0.311 e. The van der Waals surface area contributed by atoms with Gasteiger partial charge in [-0.05, 0) is 86.3 Å². The van der Waals surface area contributed by atoms with Crippen LogP contribution in [0.5, 0.6) is 0 Å². The minimum Gasteiger partial charge on any atom is -0.311 e. The van der Waals surface area contributed by atoms with E-state index in [1.807, 2.05) is 45.0 Å². The maximum atomic E-state index is 13.2. The molecule has 5 nitrogen and oxygen atoms in total. The predicted molar refractivity (Wildman–Crippen MR) is 124 cm³/mol. The van der Waals surface area contributed by atoms with Crippen LogP contribution < -0.4 is 9.21 Å². The normalized spacial score (nSPS) is 15.6. The molecule has 0 saturated heterocycles. The van der Waals surface area contributed by atoms with Crippen LogP contribution in [0, 0.1) is 13.8 Å². The number of amides is 1. The lowest BCUT2D eigenvalue weighted by Gasteiger charge is -2.24. The van der Waals surface area contributed by atoms with Crippen molar-refractivity contribution in [2.24, 2.45) is 0 Å². The molecule has 1 atom stereocenters. The zero-order valence-corrected chi connectivity index (χ0v) is 19.0. The Hall–Kier alpha value is -3.12. The summed E-state index contributed by atoms with van der Waals surface area (Å²) >= 11 is 0. The van der Waals surface area contributed by atoms with Crippen LogP contribution in [0.1, 0.15) is 34.0 Å². The van der Waals surface area contributed by atoms with Gasteiger partial charge in [-0.3, -0.25) is 9.10 Å². The van der Waals surface area contributed by atoms with Crippen LogP contribution in [0.15, 0.2) is 71.6 Å². The van der Waals surface area contributed by atoms with Gasteiger partial charge < -0.3 is 4.90 Å². The molecule has 1 amide bonds. The van der Waals surface area contributed by atoms with Gasteiger partial charge in [-0.15, -0.1) is 0 Å². The molecule has 0 N–H and O–H groups in total. The highest BCUT2D eigenvalue weighted by Crippen LogP contribution is 2.37. The second kappa shape index (κ2) is 7.85. The van der Waals surface area contributed by atoms with Crippen LogP contribution in [-0.4, -0.2) is 27.4 Å². The van der Waals surface area contributed by atoms with Crippen molar-refractivity contribution in [3.8, 4) is 0 Å². The molecule has 160 valence electrons. The minimum absolute atomic E-state index is 0.122. The van der Waals surface area contributed by atoms with Gasteiger partial charge in [0.1, 0.15) is 0 Å². The van der Waals surface area contributed by atoms with Gasteiger partial charge in [0.15, 0.2) is 0 Å². The van der Waals surface area contributed by atoms with E-state index in [0.29, 0.717) is 17.7 Å². The van der Waals surface area contributed by atoms with E-state index in [4.69, 9.17) is 0 Å². The Bertz CT molecular complexity index is 1250. The average Bonchev–Trinajstić information content (AvgIpc) is 3.10. The maximum absolute atomic E-state index is 13.2. The molecule has 0 aromatic heterocycles. The molecule has 31 heavy (non-hydrogen) atoms. The second-order valence-electron chi connectivity index (χ2n) is 8.14. The monoisotopic (exact) mass is 434 g/mol. The van der Waals surface area contributed by atoms with Crippen molar-refractivity contribution >= 4 is 27.3 Å². The fourth-order valence-electron chi connectivity index (χ4n) is 4.05. The molecular weight excluding hydrogens is 408 g/mol. The SMILES string of the molecule is Cc1ccc(N(C)C(=O)c2ccc3c(c2)C[C@H](C)N3S(=O)(=O)c2ccccc2)cc1C. The van der Waals surface area contributed by atoms with Crippen LogP contribution in [-0.2, 0) is 16.4 Å². The molecule has 0 unspecified atom stereocenters. The number of hydrogen-bond acceptors (Lipinski definition) is 3. The van der Waals surface area contributed by atoms with Gasteiger partial charge in [0.2, 0.25) is 0 Å². The van der Waals surface area contributed by atoms with Crippen molar-refractivity contribution < 1.29 is 13.2 Å². The lowest BCUT2D eigenvalue weighted by molar-refractivity contribution is 0.0993. The summed E-state index contributed by atoms with van der Waals surface area (Å²) in [5.74, 6) is -0.122. The van der Waals surface area contributed by atoms with Crippen LogP contribution in [0.25, 0.3) is 0 Å². The van der Waals surface area contributed by atoms with Gasteiger partial charge in [-0.2, -0.15) is 0 Å². The number of carbonyl (C=O) groups excluding carboxylic acids is 1. The fraction of sp³-hybridized carbons (Fsp3) is 0.240. The molecule has 4 rings (SSSR count). The molecule has 3 aromatic carbocycles. The van der Waals surface area contributed by atoms with Crippen LogP contribution in [0.2, 0.25) is 0 Å². The Balaban J connectivity index is 1.66. The van der Waals surface area contributed by atoms with Gasteiger partial charge in [0, 0.05) is 24.3 Å². The topological polar surface area (TPSA) is 57.7 Å². The van der Waals surface area contributed by atoms with Crippen LogP contribution in [0.4, 0.5) is 11.4 Å². The lowest BCUT2D eigenvalue weighted by atomic mass is 10.1. The zero-order chi connectivity index (χ0) is 22.3. The number of nitrogens with zero attached hydrogens (tertiary/aromatic N) is 2. The summed E-state index contributed by atoms with van der Waals surface area (Å²) in [6.07, 6.45) is 0.565. The van der Waals surface area contributed by atoms with Crippen molar-refractivity contribution in [2.75, 3.05) is 16.3 Å². The maximum Gasteiger partial charge on any atom is 0.264 e. The van der Waals surface area contributed by atoms with Crippen molar-refractivity contribution in [3.63, 3.8) is 0 Å². The second-order valence-corrected chi connectivity index (χ2v) is 9.96. The van der Waals surface area contributed by atoms with Gasteiger partial charge in [0.25, 0.3) is 15.9 Å². The Morgan fingerprint density at radius 2 is 1.68 bits per heavy atom. The van der Waals surface area contributed by atoms with Crippen molar-refractivity contribution in [1.82, 2.24) is 0 Å². The van der Waals surface area contributed by atoms with Crippen LogP contribution >= 0.6 is 0 Å². The first kappa shape index (κ1) is 21.1. The standard InChI is InChI=1S/C25H26N2O3S/c1-17-10-12-22(14-18(17)2)26(4)25(28)20-11-13-24-21(16-20)15-19(3)27(24)31(29,30)23-8-6-5-7-9-23/h5-14,16,19H,15H2,1-4H3/t19-/m0/s1. The van der Waals surface area contributed by atoms with E-state index < -0.39 is 10.0 Å². The smallest absolute Gasteiger partial charge is 0.264 e. The summed E-state index contributed by atoms with van der Waals surface area (Å²) in [6, 6.07) is 19.5.